The monoisotopic (exact) mass is 706 g/mol. The summed E-state index contributed by atoms with van der Waals surface area (Å²) in [6, 6.07) is 18.6. The van der Waals surface area contributed by atoms with Gasteiger partial charge in [0, 0.05) is 48.7 Å². The molecule has 3 aromatic carbocycles. The highest BCUT2D eigenvalue weighted by molar-refractivity contribution is 6.36. The SMILES string of the molecule is CN(C)C1(CC#N)CN(c2nc(N3CCN(C(=O)OC(C)(C)C)[C@@H](CC#N)C3)c3c4c(c(-c5cccc6cccc(Cl)c56)cc3n2)CCCO4)C1. The number of nitrogens with zero attached hydrogens (tertiary/aromatic N) is 8. The summed E-state index contributed by atoms with van der Waals surface area (Å²) in [5, 5.41) is 23.0. The number of hydrogen-bond acceptors (Lipinski definition) is 10. The number of amides is 1. The maximum atomic E-state index is 13.3. The van der Waals surface area contributed by atoms with Crippen LogP contribution in [-0.4, -0.2) is 96.5 Å². The quantitative estimate of drug-likeness (QED) is 0.212. The normalized spacial score (nSPS) is 18.5. The Morgan fingerprint density at radius 3 is 2.53 bits per heavy atom. The van der Waals surface area contributed by atoms with Gasteiger partial charge in [-0.2, -0.15) is 15.5 Å². The number of anilines is 2. The molecule has 3 aliphatic rings. The van der Waals surface area contributed by atoms with E-state index in [1.165, 1.54) is 0 Å². The lowest BCUT2D eigenvalue weighted by molar-refractivity contribution is 0.0145. The number of benzene rings is 3. The molecule has 1 amide bonds. The molecule has 0 radical (unpaired) electrons. The van der Waals surface area contributed by atoms with E-state index in [1.54, 1.807) is 4.90 Å². The molecule has 264 valence electrons. The predicted octanol–water partition coefficient (Wildman–Crippen LogP) is 6.80. The highest BCUT2D eigenvalue weighted by atomic mass is 35.5. The maximum absolute atomic E-state index is 13.3. The molecule has 12 heteroatoms. The van der Waals surface area contributed by atoms with Crippen LogP contribution in [0, 0.1) is 22.7 Å². The van der Waals surface area contributed by atoms with Crippen molar-refractivity contribution in [1.82, 2.24) is 19.8 Å². The van der Waals surface area contributed by atoms with Crippen molar-refractivity contribution >= 4 is 51.1 Å². The van der Waals surface area contributed by atoms with E-state index in [0.29, 0.717) is 62.5 Å². The van der Waals surface area contributed by atoms with Crippen molar-refractivity contribution in [3.05, 3.63) is 53.1 Å². The third-order valence-electron chi connectivity index (χ3n) is 10.3. The largest absolute Gasteiger partial charge is 0.492 e. The number of nitriles is 2. The van der Waals surface area contributed by atoms with Gasteiger partial charge >= 0.3 is 6.09 Å². The molecule has 0 N–H and O–H groups in total. The van der Waals surface area contributed by atoms with Crippen LogP contribution >= 0.6 is 11.6 Å². The number of halogens is 1. The molecule has 0 bridgehead atoms. The molecule has 1 aromatic heterocycles. The van der Waals surface area contributed by atoms with Gasteiger partial charge in [-0.1, -0.05) is 41.9 Å². The zero-order valence-corrected chi connectivity index (χ0v) is 30.6. The number of carbonyl (C=O) groups excluding carboxylic acids is 1. The topological polar surface area (TPSA) is 122 Å². The van der Waals surface area contributed by atoms with E-state index >= 15 is 0 Å². The Balaban J connectivity index is 1.39. The van der Waals surface area contributed by atoms with Gasteiger partial charge < -0.3 is 24.2 Å². The number of rotatable bonds is 6. The second-order valence-electron chi connectivity index (χ2n) is 15.0. The minimum atomic E-state index is -0.657. The lowest BCUT2D eigenvalue weighted by Crippen LogP contribution is -2.69. The van der Waals surface area contributed by atoms with Gasteiger partial charge in [-0.15, -0.1) is 0 Å². The molecule has 2 saturated heterocycles. The van der Waals surface area contributed by atoms with E-state index in [4.69, 9.17) is 31.0 Å². The Morgan fingerprint density at radius 2 is 1.82 bits per heavy atom. The molecule has 7 rings (SSSR count). The minimum Gasteiger partial charge on any atom is -0.492 e. The fraction of sp³-hybridized carbons (Fsp3) is 0.462. The Kier molecular flexibility index (Phi) is 9.07. The van der Waals surface area contributed by atoms with Crippen molar-refractivity contribution < 1.29 is 14.3 Å². The molecule has 4 aromatic rings. The smallest absolute Gasteiger partial charge is 0.410 e. The van der Waals surface area contributed by atoms with E-state index in [2.05, 4.69) is 57.2 Å². The van der Waals surface area contributed by atoms with Gasteiger partial charge in [-0.3, -0.25) is 4.90 Å². The molecule has 4 heterocycles. The van der Waals surface area contributed by atoms with Crippen molar-refractivity contribution in [3.8, 4) is 29.0 Å². The number of fused-ring (bicyclic) bond motifs is 4. The summed E-state index contributed by atoms with van der Waals surface area (Å²) < 4.78 is 12.3. The van der Waals surface area contributed by atoms with E-state index in [0.717, 1.165) is 57.0 Å². The van der Waals surface area contributed by atoms with E-state index in [-0.39, 0.29) is 12.0 Å². The average molecular weight is 707 g/mol. The zero-order valence-electron chi connectivity index (χ0n) is 29.9. The van der Waals surface area contributed by atoms with Crippen molar-refractivity contribution in [2.75, 3.05) is 63.2 Å². The first-order chi connectivity index (χ1) is 24.4. The standard InChI is InChI=1S/C39H43ClN8O3/c1-38(2,3)51-37(49)48-19-18-46(22-26(48)14-16-41)35-33-31(43-36(44-35)47-23-39(24-47,15-17-42)45(4)5)21-29(28-12-8-20-50-34(28)33)27-11-6-9-25-10-7-13-30(40)32(25)27/h6-7,9-11,13,21,26H,8,12,14-15,18-20,22-24H2,1-5H3/t26-/m0/s1. The van der Waals surface area contributed by atoms with E-state index < -0.39 is 17.7 Å². The predicted molar refractivity (Wildman–Crippen MR) is 199 cm³/mol. The summed E-state index contributed by atoms with van der Waals surface area (Å²) in [6.07, 6.45) is 1.81. The Hall–Kier alpha value is -4.84. The fourth-order valence-electron chi connectivity index (χ4n) is 7.63. The molecule has 51 heavy (non-hydrogen) atoms. The summed E-state index contributed by atoms with van der Waals surface area (Å²) in [5.74, 6) is 2.04. The molecule has 3 aliphatic heterocycles. The summed E-state index contributed by atoms with van der Waals surface area (Å²) in [4.78, 5) is 31.8. The molecule has 2 fully saturated rings. The first-order valence-corrected chi connectivity index (χ1v) is 17.9. The molecule has 11 nitrogen and oxygen atoms in total. The van der Waals surface area contributed by atoms with Gasteiger partial charge in [0.15, 0.2) is 0 Å². The number of ether oxygens (including phenoxy) is 2. The van der Waals surface area contributed by atoms with E-state index in [9.17, 15) is 15.3 Å². The van der Waals surface area contributed by atoms with Crippen LogP contribution in [0.25, 0.3) is 32.8 Å². The van der Waals surface area contributed by atoms with Gasteiger partial charge in [-0.05, 0) is 76.4 Å². The Bertz CT molecular complexity index is 2090. The molecule has 1 atom stereocenters. The van der Waals surface area contributed by atoms with Gasteiger partial charge in [0.05, 0.1) is 54.1 Å². The molecule has 0 saturated carbocycles. The minimum absolute atomic E-state index is 0.151. The van der Waals surface area contributed by atoms with Gasteiger partial charge in [0.25, 0.3) is 0 Å². The second-order valence-corrected chi connectivity index (χ2v) is 15.4. The second kappa shape index (κ2) is 13.4. The van der Waals surface area contributed by atoms with Gasteiger partial charge in [0.2, 0.25) is 5.95 Å². The van der Waals surface area contributed by atoms with Crippen molar-refractivity contribution in [2.45, 2.75) is 63.6 Å². The van der Waals surface area contributed by atoms with Crippen LogP contribution in [0.5, 0.6) is 5.75 Å². The van der Waals surface area contributed by atoms with E-state index in [1.807, 2.05) is 47.0 Å². The van der Waals surface area contributed by atoms with Crippen LogP contribution in [-0.2, 0) is 11.2 Å². The fourth-order valence-corrected chi connectivity index (χ4v) is 7.91. The molecular weight excluding hydrogens is 664 g/mol. The summed E-state index contributed by atoms with van der Waals surface area (Å²) >= 11 is 6.86. The van der Waals surface area contributed by atoms with Crippen molar-refractivity contribution in [2.24, 2.45) is 0 Å². The summed E-state index contributed by atoms with van der Waals surface area (Å²) in [6.45, 7) is 8.56. The molecular formula is C39H43ClN8O3. The highest BCUT2D eigenvalue weighted by Crippen LogP contribution is 2.47. The highest BCUT2D eigenvalue weighted by Gasteiger charge is 2.46. The van der Waals surface area contributed by atoms with Crippen LogP contribution < -0.4 is 14.5 Å². The van der Waals surface area contributed by atoms with Gasteiger partial charge in [-0.25, -0.2) is 9.78 Å². The lowest BCUT2D eigenvalue weighted by atomic mass is 9.85. The summed E-state index contributed by atoms with van der Waals surface area (Å²) in [7, 11) is 4.01. The lowest BCUT2D eigenvalue weighted by Gasteiger charge is -2.53. The first-order valence-electron chi connectivity index (χ1n) is 17.5. The maximum Gasteiger partial charge on any atom is 0.410 e. The third kappa shape index (κ3) is 6.34. The van der Waals surface area contributed by atoms with Gasteiger partial charge in [0.1, 0.15) is 17.2 Å². The number of hydrogen-bond donors (Lipinski definition) is 0. The Morgan fingerprint density at radius 1 is 1.06 bits per heavy atom. The average Bonchev–Trinajstić information content (AvgIpc) is 3.08. The Labute approximate surface area is 303 Å². The molecule has 0 unspecified atom stereocenters. The number of aromatic nitrogens is 2. The summed E-state index contributed by atoms with van der Waals surface area (Å²) in [5.41, 5.74) is 2.92. The number of piperazine rings is 1. The first kappa shape index (κ1) is 34.6. The number of likely N-dealkylation sites (N-methyl/N-ethyl adjacent to an activating group) is 1. The molecule has 0 spiro atoms. The van der Waals surface area contributed by atoms with Crippen LogP contribution in [0.2, 0.25) is 5.02 Å². The van der Waals surface area contributed by atoms with Crippen molar-refractivity contribution in [1.29, 1.82) is 10.5 Å². The third-order valence-corrected chi connectivity index (χ3v) is 10.6. The zero-order chi connectivity index (χ0) is 36.1. The van der Waals surface area contributed by atoms with Crippen LogP contribution in [0.1, 0.15) is 45.6 Å². The van der Waals surface area contributed by atoms with Crippen molar-refractivity contribution in [3.63, 3.8) is 0 Å². The van der Waals surface area contributed by atoms with Crippen LogP contribution in [0.15, 0.2) is 42.5 Å². The van der Waals surface area contributed by atoms with Crippen LogP contribution in [0.3, 0.4) is 0 Å². The number of carbonyl (C=O) groups is 1. The molecule has 0 aliphatic carbocycles. The van der Waals surface area contributed by atoms with Crippen LogP contribution in [0.4, 0.5) is 16.6 Å².